The molecule has 0 heteroatoms. The smallest absolute Gasteiger partial charge is 0.0181 e. The van der Waals surface area contributed by atoms with Crippen molar-refractivity contribution in [2.45, 2.75) is 26.7 Å². The second-order valence-electron chi connectivity index (χ2n) is 4.21. The molecule has 0 aliphatic carbocycles. The highest BCUT2D eigenvalue weighted by Crippen LogP contribution is 2.24. The van der Waals surface area contributed by atoms with E-state index < -0.39 is 0 Å². The predicted molar refractivity (Wildman–Crippen MR) is 62.8 cm³/mol. The highest BCUT2D eigenvalue weighted by Gasteiger charge is 2.04. The molecule has 0 amide bonds. The zero-order valence-corrected chi connectivity index (χ0v) is 9.04. The van der Waals surface area contributed by atoms with E-state index in [1.54, 1.807) is 0 Å². The maximum atomic E-state index is 2.31. The third kappa shape index (κ3) is 1.52. The first kappa shape index (κ1) is 9.26. The Kier molecular flexibility index (Phi) is 2.28. The van der Waals surface area contributed by atoms with Crippen molar-refractivity contribution in [2.75, 3.05) is 0 Å². The molecule has 0 heterocycles. The molecule has 0 saturated carbocycles. The summed E-state index contributed by atoms with van der Waals surface area (Å²) in [4.78, 5) is 0. The van der Waals surface area contributed by atoms with Gasteiger partial charge in [0.05, 0.1) is 0 Å². The average molecular weight is 184 g/mol. The van der Waals surface area contributed by atoms with Crippen LogP contribution in [-0.4, -0.2) is 0 Å². The van der Waals surface area contributed by atoms with E-state index in [1.165, 1.54) is 21.9 Å². The number of hydrogen-bond donors (Lipinski definition) is 0. The van der Waals surface area contributed by atoms with Gasteiger partial charge in [-0.2, -0.15) is 0 Å². The van der Waals surface area contributed by atoms with Gasteiger partial charge >= 0.3 is 0 Å². The molecule has 0 nitrogen and oxygen atoms in total. The molecular formula is C14H16. The van der Waals surface area contributed by atoms with Gasteiger partial charge in [-0.25, -0.2) is 0 Å². The minimum atomic E-state index is 0.611. The molecular weight excluding hydrogens is 168 g/mol. The fourth-order valence-electron chi connectivity index (χ4n) is 1.99. The molecule has 2 rings (SSSR count). The fourth-order valence-corrected chi connectivity index (χ4v) is 1.99. The number of fused-ring (bicyclic) bond motifs is 1. The van der Waals surface area contributed by atoms with Gasteiger partial charge in [-0.15, -0.1) is 0 Å². The lowest BCUT2D eigenvalue weighted by Gasteiger charge is -2.11. The van der Waals surface area contributed by atoms with E-state index in [-0.39, 0.29) is 0 Å². The fraction of sp³-hybridized carbons (Fsp3) is 0.286. The third-order valence-corrected chi connectivity index (χ3v) is 2.76. The van der Waals surface area contributed by atoms with E-state index in [9.17, 15) is 0 Å². The number of rotatable bonds is 1. The maximum Gasteiger partial charge on any atom is -0.0181 e. The van der Waals surface area contributed by atoms with Crippen LogP contribution in [0.5, 0.6) is 0 Å². The molecule has 0 aliphatic rings. The van der Waals surface area contributed by atoms with Crippen LogP contribution in [-0.2, 0) is 0 Å². The van der Waals surface area contributed by atoms with E-state index in [0.29, 0.717) is 5.92 Å². The molecule has 0 aliphatic heterocycles. The van der Waals surface area contributed by atoms with Crippen LogP contribution in [0.15, 0.2) is 36.4 Å². The maximum absolute atomic E-state index is 2.31. The van der Waals surface area contributed by atoms with Crippen LogP contribution < -0.4 is 0 Å². The highest BCUT2D eigenvalue weighted by molar-refractivity contribution is 5.84. The van der Waals surface area contributed by atoms with E-state index in [0.717, 1.165) is 0 Å². The first-order valence-electron chi connectivity index (χ1n) is 5.18. The summed E-state index contributed by atoms with van der Waals surface area (Å²) in [5, 5.41) is 2.69. The molecule has 72 valence electrons. The summed E-state index contributed by atoms with van der Waals surface area (Å²) in [7, 11) is 0. The van der Waals surface area contributed by atoms with Crippen molar-refractivity contribution < 1.29 is 0 Å². The van der Waals surface area contributed by atoms with Gasteiger partial charge in [-0.3, -0.25) is 0 Å². The van der Waals surface area contributed by atoms with Crippen LogP contribution in [0.25, 0.3) is 10.8 Å². The Bertz CT molecular complexity index is 453. The second kappa shape index (κ2) is 3.45. The summed E-state index contributed by atoms with van der Waals surface area (Å²) in [6.45, 7) is 6.69. The van der Waals surface area contributed by atoms with Crippen molar-refractivity contribution in [1.82, 2.24) is 0 Å². The summed E-state index contributed by atoms with van der Waals surface area (Å²) in [5.41, 5.74) is 2.86. The zero-order chi connectivity index (χ0) is 10.1. The Morgan fingerprint density at radius 1 is 0.929 bits per heavy atom. The molecule has 0 N–H and O–H groups in total. The number of benzene rings is 2. The van der Waals surface area contributed by atoms with Crippen molar-refractivity contribution in [3.63, 3.8) is 0 Å². The third-order valence-electron chi connectivity index (χ3n) is 2.76. The lowest BCUT2D eigenvalue weighted by molar-refractivity contribution is 0.859. The quantitative estimate of drug-likeness (QED) is 0.620. The first-order valence-corrected chi connectivity index (χ1v) is 5.18. The molecule has 0 fully saturated rings. The standard InChI is InChI=1S/C14H16/c1-10(2)14-9-13-7-5-4-6-12(13)8-11(14)3/h4-10H,1-3H3. The van der Waals surface area contributed by atoms with Gasteiger partial charge in [0.2, 0.25) is 0 Å². The lowest BCUT2D eigenvalue weighted by atomic mass is 9.94. The summed E-state index contributed by atoms with van der Waals surface area (Å²) in [6, 6.07) is 13.1. The monoisotopic (exact) mass is 184 g/mol. The second-order valence-corrected chi connectivity index (χ2v) is 4.21. The molecule has 14 heavy (non-hydrogen) atoms. The van der Waals surface area contributed by atoms with Crippen molar-refractivity contribution in [3.8, 4) is 0 Å². The topological polar surface area (TPSA) is 0 Å². The number of aryl methyl sites for hydroxylation is 1. The molecule has 2 aromatic rings. The minimum Gasteiger partial charge on any atom is -0.0616 e. The molecule has 0 unspecified atom stereocenters. The first-order chi connectivity index (χ1) is 6.68. The van der Waals surface area contributed by atoms with Gasteiger partial charge in [-0.1, -0.05) is 50.2 Å². The van der Waals surface area contributed by atoms with E-state index >= 15 is 0 Å². The molecule has 2 aromatic carbocycles. The average Bonchev–Trinajstić information content (AvgIpc) is 2.16. The van der Waals surface area contributed by atoms with Gasteiger partial charge < -0.3 is 0 Å². The van der Waals surface area contributed by atoms with Crippen LogP contribution in [0.3, 0.4) is 0 Å². The SMILES string of the molecule is Cc1cc2ccccc2cc1C(C)C. The Balaban J connectivity index is 2.71. The number of hydrogen-bond acceptors (Lipinski definition) is 0. The molecule has 0 atom stereocenters. The van der Waals surface area contributed by atoms with Crippen LogP contribution >= 0.6 is 0 Å². The van der Waals surface area contributed by atoms with Gasteiger partial charge in [-0.05, 0) is 34.7 Å². The largest absolute Gasteiger partial charge is 0.0616 e. The Morgan fingerprint density at radius 3 is 2.07 bits per heavy atom. The zero-order valence-electron chi connectivity index (χ0n) is 9.04. The Hall–Kier alpha value is -1.30. The summed E-state index contributed by atoms with van der Waals surface area (Å²) in [6.07, 6.45) is 0. The van der Waals surface area contributed by atoms with Crippen molar-refractivity contribution >= 4 is 10.8 Å². The molecule has 0 aromatic heterocycles. The van der Waals surface area contributed by atoms with Gasteiger partial charge in [0.1, 0.15) is 0 Å². The van der Waals surface area contributed by atoms with E-state index in [2.05, 4.69) is 57.2 Å². The molecule has 0 bridgehead atoms. The summed E-state index contributed by atoms with van der Waals surface area (Å²) >= 11 is 0. The van der Waals surface area contributed by atoms with Gasteiger partial charge in [0.25, 0.3) is 0 Å². The molecule has 0 spiro atoms. The summed E-state index contributed by atoms with van der Waals surface area (Å²) < 4.78 is 0. The van der Waals surface area contributed by atoms with E-state index in [1.807, 2.05) is 0 Å². The highest BCUT2D eigenvalue weighted by atomic mass is 14.1. The van der Waals surface area contributed by atoms with Crippen LogP contribution in [0, 0.1) is 6.92 Å². The molecule has 0 radical (unpaired) electrons. The normalized spacial score (nSPS) is 11.1. The van der Waals surface area contributed by atoms with E-state index in [4.69, 9.17) is 0 Å². The van der Waals surface area contributed by atoms with Crippen LogP contribution in [0.2, 0.25) is 0 Å². The summed E-state index contributed by atoms with van der Waals surface area (Å²) in [5.74, 6) is 0.611. The lowest BCUT2D eigenvalue weighted by Crippen LogP contribution is -1.91. The minimum absolute atomic E-state index is 0.611. The Labute approximate surface area is 85.6 Å². The van der Waals surface area contributed by atoms with Gasteiger partial charge in [0, 0.05) is 0 Å². The van der Waals surface area contributed by atoms with Crippen LogP contribution in [0.1, 0.15) is 30.9 Å². The van der Waals surface area contributed by atoms with Gasteiger partial charge in [0.15, 0.2) is 0 Å². The van der Waals surface area contributed by atoms with Crippen molar-refractivity contribution in [3.05, 3.63) is 47.5 Å². The van der Waals surface area contributed by atoms with Crippen molar-refractivity contribution in [2.24, 2.45) is 0 Å². The predicted octanol–water partition coefficient (Wildman–Crippen LogP) is 4.27. The van der Waals surface area contributed by atoms with Crippen LogP contribution in [0.4, 0.5) is 0 Å². The molecule has 0 saturated heterocycles. The Morgan fingerprint density at radius 2 is 1.50 bits per heavy atom. The van der Waals surface area contributed by atoms with Crippen molar-refractivity contribution in [1.29, 1.82) is 0 Å².